The maximum atomic E-state index is 12.0. The predicted molar refractivity (Wildman–Crippen MR) is 40.1 cm³/mol. The topological polar surface area (TPSA) is 35.2 Å². The standard InChI is InChI=1S/C7H11F6NO/c1-4(6(8,9)10)15-3-5(2-14)7(11,12)13/h4-5H,2-3,14H2,1H3. The molecule has 15 heavy (non-hydrogen) atoms. The van der Waals surface area contributed by atoms with Gasteiger partial charge in [0, 0.05) is 6.54 Å². The molecule has 0 aromatic carbocycles. The quantitative estimate of drug-likeness (QED) is 0.762. The Bertz CT molecular complexity index is 189. The van der Waals surface area contributed by atoms with Crippen molar-refractivity contribution in [3.63, 3.8) is 0 Å². The van der Waals surface area contributed by atoms with Crippen LogP contribution in [-0.4, -0.2) is 31.6 Å². The van der Waals surface area contributed by atoms with Crippen LogP contribution in [0.5, 0.6) is 0 Å². The minimum atomic E-state index is -4.66. The molecular formula is C7H11F6NO. The number of hydrogen-bond donors (Lipinski definition) is 1. The van der Waals surface area contributed by atoms with Crippen molar-refractivity contribution in [2.75, 3.05) is 13.2 Å². The summed E-state index contributed by atoms with van der Waals surface area (Å²) in [6, 6.07) is 0. The summed E-state index contributed by atoms with van der Waals surface area (Å²) in [5.41, 5.74) is 4.77. The van der Waals surface area contributed by atoms with Gasteiger partial charge in [0.15, 0.2) is 6.10 Å². The summed E-state index contributed by atoms with van der Waals surface area (Å²) < 4.78 is 75.7. The third-order valence-corrected chi connectivity index (χ3v) is 1.76. The van der Waals surface area contributed by atoms with Gasteiger partial charge < -0.3 is 10.5 Å². The zero-order valence-corrected chi connectivity index (χ0v) is 7.82. The van der Waals surface area contributed by atoms with Gasteiger partial charge in [-0.2, -0.15) is 26.3 Å². The van der Waals surface area contributed by atoms with Crippen molar-refractivity contribution in [2.45, 2.75) is 25.4 Å². The normalized spacial score (nSPS) is 17.6. The Balaban J connectivity index is 4.14. The first-order chi connectivity index (χ1) is 6.59. The van der Waals surface area contributed by atoms with Gasteiger partial charge >= 0.3 is 12.4 Å². The number of rotatable bonds is 4. The molecule has 0 spiro atoms. The maximum Gasteiger partial charge on any atom is 0.414 e. The Morgan fingerprint density at radius 3 is 1.80 bits per heavy atom. The van der Waals surface area contributed by atoms with E-state index in [0.29, 0.717) is 6.92 Å². The highest BCUT2D eigenvalue weighted by molar-refractivity contribution is 4.70. The van der Waals surface area contributed by atoms with Crippen molar-refractivity contribution < 1.29 is 31.1 Å². The van der Waals surface area contributed by atoms with E-state index in [9.17, 15) is 26.3 Å². The fraction of sp³-hybridized carbons (Fsp3) is 1.00. The van der Waals surface area contributed by atoms with Crippen LogP contribution in [0.1, 0.15) is 6.92 Å². The molecule has 2 N–H and O–H groups in total. The molecule has 0 amide bonds. The Kier molecular flexibility index (Phi) is 4.85. The zero-order valence-electron chi connectivity index (χ0n) is 7.82. The van der Waals surface area contributed by atoms with Crippen molar-refractivity contribution in [1.29, 1.82) is 0 Å². The van der Waals surface area contributed by atoms with Crippen molar-refractivity contribution in [3.8, 4) is 0 Å². The Labute approximate surface area is 82.4 Å². The van der Waals surface area contributed by atoms with E-state index in [1.807, 2.05) is 0 Å². The molecule has 0 rings (SSSR count). The number of alkyl halides is 6. The molecule has 2 atom stereocenters. The molecule has 0 aliphatic carbocycles. The van der Waals surface area contributed by atoms with Gasteiger partial charge in [-0.3, -0.25) is 0 Å². The largest absolute Gasteiger partial charge is 0.414 e. The highest BCUT2D eigenvalue weighted by atomic mass is 19.4. The van der Waals surface area contributed by atoms with E-state index in [4.69, 9.17) is 5.73 Å². The van der Waals surface area contributed by atoms with Crippen LogP contribution in [0.4, 0.5) is 26.3 Å². The molecule has 0 aromatic rings. The minimum absolute atomic E-state index is 0.643. The molecule has 0 aromatic heterocycles. The summed E-state index contributed by atoms with van der Waals surface area (Å²) in [6.45, 7) is -1.24. The monoisotopic (exact) mass is 239 g/mol. The van der Waals surface area contributed by atoms with Crippen LogP contribution in [0.2, 0.25) is 0 Å². The third kappa shape index (κ3) is 5.22. The first-order valence-corrected chi connectivity index (χ1v) is 4.04. The van der Waals surface area contributed by atoms with Gasteiger partial charge in [-0.1, -0.05) is 0 Å². The van der Waals surface area contributed by atoms with Gasteiger partial charge in [-0.05, 0) is 6.92 Å². The second-order valence-corrected chi connectivity index (χ2v) is 2.99. The summed E-state index contributed by atoms with van der Waals surface area (Å²) in [7, 11) is 0. The molecule has 0 saturated heterocycles. The first-order valence-electron chi connectivity index (χ1n) is 4.04. The molecule has 0 saturated carbocycles. The van der Waals surface area contributed by atoms with Gasteiger partial charge in [-0.15, -0.1) is 0 Å². The van der Waals surface area contributed by atoms with Crippen molar-refractivity contribution >= 4 is 0 Å². The average Bonchev–Trinajstić information content (AvgIpc) is 2.00. The SMILES string of the molecule is CC(OCC(CN)C(F)(F)F)C(F)(F)F. The second kappa shape index (κ2) is 5.02. The van der Waals surface area contributed by atoms with Crippen LogP contribution in [0.25, 0.3) is 0 Å². The Hall–Kier alpha value is -0.500. The van der Waals surface area contributed by atoms with E-state index < -0.39 is 37.5 Å². The van der Waals surface area contributed by atoms with Gasteiger partial charge in [0.05, 0.1) is 12.5 Å². The Morgan fingerprint density at radius 1 is 1.07 bits per heavy atom. The number of ether oxygens (including phenoxy) is 1. The molecule has 0 heterocycles. The van der Waals surface area contributed by atoms with E-state index in [0.717, 1.165) is 0 Å². The smallest absolute Gasteiger partial charge is 0.368 e. The average molecular weight is 239 g/mol. The lowest BCUT2D eigenvalue weighted by atomic mass is 10.1. The fourth-order valence-electron chi connectivity index (χ4n) is 0.651. The van der Waals surface area contributed by atoms with Crippen LogP contribution >= 0.6 is 0 Å². The second-order valence-electron chi connectivity index (χ2n) is 2.99. The van der Waals surface area contributed by atoms with Crippen molar-refractivity contribution in [3.05, 3.63) is 0 Å². The molecule has 0 fully saturated rings. The number of halogens is 6. The molecule has 8 heteroatoms. The van der Waals surface area contributed by atoms with E-state index in [-0.39, 0.29) is 0 Å². The number of hydrogen-bond acceptors (Lipinski definition) is 2. The molecule has 92 valence electrons. The van der Waals surface area contributed by atoms with E-state index in [2.05, 4.69) is 4.74 Å². The van der Waals surface area contributed by atoms with E-state index in [1.54, 1.807) is 0 Å². The molecular weight excluding hydrogens is 228 g/mol. The predicted octanol–water partition coefficient (Wildman–Crippen LogP) is 2.09. The van der Waals surface area contributed by atoms with E-state index >= 15 is 0 Å². The summed E-state index contributed by atoms with van der Waals surface area (Å²) in [5, 5.41) is 0. The molecule has 0 radical (unpaired) electrons. The van der Waals surface area contributed by atoms with Gasteiger partial charge in [-0.25, -0.2) is 0 Å². The lowest BCUT2D eigenvalue weighted by Crippen LogP contribution is -2.37. The van der Waals surface area contributed by atoms with Gasteiger partial charge in [0.1, 0.15) is 0 Å². The summed E-state index contributed by atoms with van der Waals surface area (Å²) in [5.74, 6) is -2.07. The molecule has 0 aliphatic rings. The van der Waals surface area contributed by atoms with Gasteiger partial charge in [0.25, 0.3) is 0 Å². The fourth-order valence-corrected chi connectivity index (χ4v) is 0.651. The molecule has 0 bridgehead atoms. The highest BCUT2D eigenvalue weighted by Crippen LogP contribution is 2.28. The van der Waals surface area contributed by atoms with Crippen LogP contribution in [0.15, 0.2) is 0 Å². The van der Waals surface area contributed by atoms with Crippen LogP contribution < -0.4 is 5.73 Å². The van der Waals surface area contributed by atoms with Crippen LogP contribution in [-0.2, 0) is 4.74 Å². The van der Waals surface area contributed by atoms with Crippen LogP contribution in [0.3, 0.4) is 0 Å². The van der Waals surface area contributed by atoms with Crippen molar-refractivity contribution in [2.24, 2.45) is 11.7 Å². The maximum absolute atomic E-state index is 12.0. The third-order valence-electron chi connectivity index (χ3n) is 1.76. The highest BCUT2D eigenvalue weighted by Gasteiger charge is 2.42. The van der Waals surface area contributed by atoms with Crippen molar-refractivity contribution in [1.82, 2.24) is 0 Å². The van der Waals surface area contributed by atoms with Gasteiger partial charge in [0.2, 0.25) is 0 Å². The summed E-state index contributed by atoms with van der Waals surface area (Å²) >= 11 is 0. The summed E-state index contributed by atoms with van der Waals surface area (Å²) in [4.78, 5) is 0. The Morgan fingerprint density at radius 2 is 1.53 bits per heavy atom. The molecule has 2 nitrogen and oxygen atoms in total. The molecule has 0 aliphatic heterocycles. The lowest BCUT2D eigenvalue weighted by molar-refractivity contribution is -0.236. The minimum Gasteiger partial charge on any atom is -0.368 e. The molecule has 2 unspecified atom stereocenters. The lowest BCUT2D eigenvalue weighted by Gasteiger charge is -2.22. The first kappa shape index (κ1) is 14.5. The number of nitrogens with two attached hydrogens (primary N) is 1. The zero-order chi connectivity index (χ0) is 12.3. The van der Waals surface area contributed by atoms with Crippen LogP contribution in [0, 0.1) is 5.92 Å². The van der Waals surface area contributed by atoms with E-state index in [1.165, 1.54) is 0 Å². The summed E-state index contributed by atoms with van der Waals surface area (Å²) in [6.07, 6.45) is -11.5.